The van der Waals surface area contributed by atoms with Crippen LogP contribution in [0.2, 0.25) is 0 Å². The lowest BCUT2D eigenvalue weighted by molar-refractivity contribution is 0.613. The van der Waals surface area contributed by atoms with E-state index in [1.807, 2.05) is 24.0 Å². The highest BCUT2D eigenvalue weighted by atomic mass is 127. The molecule has 1 heterocycles. The fourth-order valence-electron chi connectivity index (χ4n) is 1.26. The Morgan fingerprint density at radius 1 is 1.65 bits per heavy atom. The van der Waals surface area contributed by atoms with Crippen molar-refractivity contribution in [3.05, 3.63) is 18.0 Å². The number of nitrogens with one attached hydrogen (secondary N) is 1. The standard InChI is InChI=1S/C11H21N5.HI/c1-4-10(3)15-11(12)13-5-6-16-8-9(2)7-14-16;/h7-8,10H,4-6H2,1-3H3,(H3,12,13,15);1H. The molecule has 0 aromatic carbocycles. The van der Waals surface area contributed by atoms with Crippen molar-refractivity contribution in [1.82, 2.24) is 15.1 Å². The van der Waals surface area contributed by atoms with E-state index >= 15 is 0 Å². The first-order valence-corrected chi connectivity index (χ1v) is 5.67. The van der Waals surface area contributed by atoms with Gasteiger partial charge in [-0.15, -0.1) is 24.0 Å². The second-order valence-corrected chi connectivity index (χ2v) is 4.00. The average Bonchev–Trinajstić information content (AvgIpc) is 2.64. The zero-order chi connectivity index (χ0) is 12.0. The Hall–Kier alpha value is -0.790. The van der Waals surface area contributed by atoms with Crippen LogP contribution < -0.4 is 11.1 Å². The zero-order valence-electron chi connectivity index (χ0n) is 10.7. The quantitative estimate of drug-likeness (QED) is 0.480. The number of nitrogens with zero attached hydrogens (tertiary/aromatic N) is 3. The van der Waals surface area contributed by atoms with Crippen molar-refractivity contribution in [2.24, 2.45) is 10.7 Å². The maximum absolute atomic E-state index is 5.73. The van der Waals surface area contributed by atoms with Crippen LogP contribution >= 0.6 is 24.0 Å². The van der Waals surface area contributed by atoms with Crippen molar-refractivity contribution in [3.8, 4) is 0 Å². The topological polar surface area (TPSA) is 68.2 Å². The second-order valence-electron chi connectivity index (χ2n) is 4.00. The van der Waals surface area contributed by atoms with E-state index in [2.05, 4.69) is 29.3 Å². The number of hydrogen-bond acceptors (Lipinski definition) is 2. The van der Waals surface area contributed by atoms with E-state index in [1.165, 1.54) is 0 Å². The summed E-state index contributed by atoms with van der Waals surface area (Å²) in [7, 11) is 0. The fraction of sp³-hybridized carbons (Fsp3) is 0.636. The summed E-state index contributed by atoms with van der Waals surface area (Å²) >= 11 is 0. The van der Waals surface area contributed by atoms with Gasteiger partial charge in [0.1, 0.15) is 0 Å². The van der Waals surface area contributed by atoms with E-state index in [9.17, 15) is 0 Å². The number of aromatic nitrogens is 2. The Morgan fingerprint density at radius 3 is 2.88 bits per heavy atom. The number of guanidine groups is 1. The Kier molecular flexibility index (Phi) is 7.94. The van der Waals surface area contributed by atoms with E-state index in [0.717, 1.165) is 18.5 Å². The molecule has 1 aromatic heterocycles. The molecule has 6 heteroatoms. The van der Waals surface area contributed by atoms with Gasteiger partial charge in [-0.1, -0.05) is 6.92 Å². The van der Waals surface area contributed by atoms with Gasteiger partial charge in [0.25, 0.3) is 0 Å². The van der Waals surface area contributed by atoms with Crippen molar-refractivity contribution in [3.63, 3.8) is 0 Å². The van der Waals surface area contributed by atoms with Gasteiger partial charge < -0.3 is 11.1 Å². The van der Waals surface area contributed by atoms with E-state index < -0.39 is 0 Å². The van der Waals surface area contributed by atoms with Gasteiger partial charge in [-0.25, -0.2) is 0 Å². The highest BCUT2D eigenvalue weighted by molar-refractivity contribution is 14.0. The Bertz CT molecular complexity index is 347. The summed E-state index contributed by atoms with van der Waals surface area (Å²) in [5, 5.41) is 7.30. The summed E-state index contributed by atoms with van der Waals surface area (Å²) in [6, 6.07) is 0.371. The molecule has 0 amide bonds. The van der Waals surface area contributed by atoms with Gasteiger partial charge >= 0.3 is 0 Å². The maximum Gasteiger partial charge on any atom is 0.188 e. The first-order valence-electron chi connectivity index (χ1n) is 5.67. The minimum atomic E-state index is 0. The summed E-state index contributed by atoms with van der Waals surface area (Å²) in [5.41, 5.74) is 6.89. The third-order valence-electron chi connectivity index (χ3n) is 2.38. The highest BCUT2D eigenvalue weighted by Crippen LogP contribution is 1.93. The predicted octanol–water partition coefficient (Wildman–Crippen LogP) is 1.51. The molecule has 0 aliphatic carbocycles. The van der Waals surface area contributed by atoms with Gasteiger partial charge in [0.2, 0.25) is 0 Å². The number of aryl methyl sites for hydroxylation is 1. The smallest absolute Gasteiger partial charge is 0.188 e. The van der Waals surface area contributed by atoms with Gasteiger partial charge in [0, 0.05) is 12.2 Å². The molecular formula is C11H22IN5. The number of nitrogens with two attached hydrogens (primary N) is 1. The van der Waals surface area contributed by atoms with Crippen LogP contribution in [0.25, 0.3) is 0 Å². The molecule has 5 nitrogen and oxygen atoms in total. The van der Waals surface area contributed by atoms with Crippen molar-refractivity contribution < 1.29 is 0 Å². The highest BCUT2D eigenvalue weighted by Gasteiger charge is 1.98. The molecule has 3 N–H and O–H groups in total. The fourth-order valence-corrected chi connectivity index (χ4v) is 1.26. The lowest BCUT2D eigenvalue weighted by Gasteiger charge is -2.11. The molecule has 1 unspecified atom stereocenters. The van der Waals surface area contributed by atoms with Crippen LogP contribution in [0.3, 0.4) is 0 Å². The molecule has 0 bridgehead atoms. The molecule has 0 aliphatic heterocycles. The van der Waals surface area contributed by atoms with E-state index in [1.54, 1.807) is 0 Å². The lowest BCUT2D eigenvalue weighted by atomic mass is 10.3. The van der Waals surface area contributed by atoms with Gasteiger partial charge in [-0.2, -0.15) is 5.10 Å². The molecule has 1 atom stereocenters. The zero-order valence-corrected chi connectivity index (χ0v) is 13.0. The molecular weight excluding hydrogens is 329 g/mol. The van der Waals surface area contributed by atoms with E-state index in [-0.39, 0.29) is 24.0 Å². The molecule has 0 saturated heterocycles. The molecule has 0 aliphatic rings. The van der Waals surface area contributed by atoms with E-state index in [0.29, 0.717) is 18.5 Å². The number of aliphatic imine (C=N–C) groups is 1. The summed E-state index contributed by atoms with van der Waals surface area (Å²) in [4.78, 5) is 4.24. The Balaban J connectivity index is 0.00000256. The van der Waals surface area contributed by atoms with Gasteiger partial charge in [-0.05, 0) is 25.8 Å². The molecule has 1 rings (SSSR count). The van der Waals surface area contributed by atoms with Crippen LogP contribution in [0.4, 0.5) is 0 Å². The number of rotatable bonds is 5. The molecule has 1 aromatic rings. The Labute approximate surface area is 120 Å². The van der Waals surface area contributed by atoms with Gasteiger partial charge in [-0.3, -0.25) is 9.67 Å². The third-order valence-corrected chi connectivity index (χ3v) is 2.38. The van der Waals surface area contributed by atoms with E-state index in [4.69, 9.17) is 5.73 Å². The first-order chi connectivity index (χ1) is 7.61. The van der Waals surface area contributed by atoms with Crippen LogP contribution in [0.15, 0.2) is 17.4 Å². The number of halogens is 1. The van der Waals surface area contributed by atoms with Crippen molar-refractivity contribution in [1.29, 1.82) is 0 Å². The first kappa shape index (κ1) is 16.2. The SMILES string of the molecule is CCC(C)NC(N)=NCCn1cc(C)cn1.I. The predicted molar refractivity (Wildman–Crippen MR) is 81.8 cm³/mol. The molecule has 98 valence electrons. The average molecular weight is 351 g/mol. The largest absolute Gasteiger partial charge is 0.370 e. The minimum Gasteiger partial charge on any atom is -0.370 e. The van der Waals surface area contributed by atoms with Gasteiger partial charge in [0.15, 0.2) is 5.96 Å². The lowest BCUT2D eigenvalue weighted by Crippen LogP contribution is -2.38. The summed E-state index contributed by atoms with van der Waals surface area (Å²) in [6.45, 7) is 7.62. The summed E-state index contributed by atoms with van der Waals surface area (Å²) in [6.07, 6.45) is 4.87. The monoisotopic (exact) mass is 351 g/mol. The van der Waals surface area contributed by atoms with Crippen LogP contribution in [-0.4, -0.2) is 28.3 Å². The number of hydrogen-bond donors (Lipinski definition) is 2. The molecule has 0 radical (unpaired) electrons. The Morgan fingerprint density at radius 2 is 2.35 bits per heavy atom. The van der Waals surface area contributed by atoms with Crippen LogP contribution in [-0.2, 0) is 6.54 Å². The van der Waals surface area contributed by atoms with Crippen molar-refractivity contribution >= 4 is 29.9 Å². The third kappa shape index (κ3) is 6.50. The van der Waals surface area contributed by atoms with Crippen LogP contribution in [0, 0.1) is 6.92 Å². The van der Waals surface area contributed by atoms with Gasteiger partial charge in [0.05, 0.1) is 19.3 Å². The van der Waals surface area contributed by atoms with Crippen LogP contribution in [0.1, 0.15) is 25.8 Å². The van der Waals surface area contributed by atoms with Crippen molar-refractivity contribution in [2.75, 3.05) is 6.54 Å². The normalized spacial score (nSPS) is 13.0. The maximum atomic E-state index is 5.73. The molecule has 0 saturated carbocycles. The summed E-state index contributed by atoms with van der Waals surface area (Å²) < 4.78 is 1.87. The second kappa shape index (κ2) is 8.32. The molecule has 0 spiro atoms. The molecule has 17 heavy (non-hydrogen) atoms. The molecule has 0 fully saturated rings. The summed E-state index contributed by atoms with van der Waals surface area (Å²) in [5.74, 6) is 0.512. The van der Waals surface area contributed by atoms with Crippen LogP contribution in [0.5, 0.6) is 0 Å². The van der Waals surface area contributed by atoms with Crippen molar-refractivity contribution in [2.45, 2.75) is 39.8 Å². The minimum absolute atomic E-state index is 0.